The molecule has 0 aromatic heterocycles. The Morgan fingerprint density at radius 2 is 2.18 bits per heavy atom. The highest BCUT2D eigenvalue weighted by Crippen LogP contribution is 2.03. The van der Waals surface area contributed by atoms with E-state index in [2.05, 4.69) is 4.74 Å². The first kappa shape index (κ1) is 11.0. The molecule has 11 heavy (non-hydrogen) atoms. The molecule has 0 spiro atoms. The third-order valence-corrected chi connectivity index (χ3v) is 1.41. The van der Waals surface area contributed by atoms with E-state index in [1.807, 2.05) is 0 Å². The summed E-state index contributed by atoms with van der Waals surface area (Å²) in [5.41, 5.74) is -0.423. The summed E-state index contributed by atoms with van der Waals surface area (Å²) in [7, 11) is 0. The van der Waals surface area contributed by atoms with Gasteiger partial charge in [-0.1, -0.05) is 11.6 Å². The Balaban J connectivity index is 3.08. The van der Waals surface area contributed by atoms with E-state index in [9.17, 15) is 4.79 Å². The van der Waals surface area contributed by atoms with E-state index < -0.39 is 5.56 Å². The molecule has 5 heteroatoms. The van der Waals surface area contributed by atoms with E-state index in [4.69, 9.17) is 27.9 Å². The van der Waals surface area contributed by atoms with Crippen molar-refractivity contribution in [3.05, 3.63) is 0 Å². The van der Waals surface area contributed by atoms with Crippen molar-refractivity contribution in [3.63, 3.8) is 0 Å². The zero-order chi connectivity index (χ0) is 8.53. The molecule has 0 aliphatic carbocycles. The summed E-state index contributed by atoms with van der Waals surface area (Å²) < 4.78 is 9.38. The minimum atomic E-state index is -0.423. The van der Waals surface area contributed by atoms with Gasteiger partial charge in [-0.25, -0.2) is 0 Å². The Hall–Kier alpha value is 0.01000. The van der Waals surface area contributed by atoms with Gasteiger partial charge in [-0.15, -0.1) is 11.6 Å². The summed E-state index contributed by atoms with van der Waals surface area (Å²) in [5, 5.41) is 0. The smallest absolute Gasteiger partial charge is 0.293 e. The van der Waals surface area contributed by atoms with Gasteiger partial charge in [0.2, 0.25) is 0 Å². The molecule has 0 aromatic carbocycles. The van der Waals surface area contributed by atoms with Gasteiger partial charge in [-0.3, -0.25) is 4.79 Å². The maximum atomic E-state index is 9.67. The van der Waals surface area contributed by atoms with E-state index in [0.717, 1.165) is 0 Å². The maximum absolute atomic E-state index is 9.67. The molecule has 0 radical (unpaired) electrons. The lowest BCUT2D eigenvalue weighted by molar-refractivity contribution is -0.129. The first-order valence-electron chi connectivity index (χ1n) is 3.18. The first-order chi connectivity index (χ1) is 5.31. The molecule has 0 rings (SSSR count). The average Bonchev–Trinajstić information content (AvgIpc) is 2.01. The van der Waals surface area contributed by atoms with Crippen LogP contribution in [0, 0.1) is 0 Å². The van der Waals surface area contributed by atoms with Crippen LogP contribution in [0.25, 0.3) is 0 Å². The molecule has 0 aliphatic rings. The van der Waals surface area contributed by atoms with Crippen molar-refractivity contribution in [2.75, 3.05) is 19.1 Å². The number of hydrogen-bond acceptors (Lipinski definition) is 3. The van der Waals surface area contributed by atoms with Gasteiger partial charge in [0.25, 0.3) is 6.47 Å². The number of alkyl halides is 2. The minimum absolute atomic E-state index is 0.278. The number of carbonyl (C=O) groups excluding carboxylic acids is 1. The Labute approximate surface area is 75.6 Å². The van der Waals surface area contributed by atoms with Crippen LogP contribution >= 0.6 is 23.2 Å². The fourth-order valence-electron chi connectivity index (χ4n) is 0.465. The standard InChI is InChI=1S/C6H10Cl2O3/c7-2-4-11-6(8)1-3-10-5-9/h5-6H,1-4H2. The zero-order valence-electron chi connectivity index (χ0n) is 5.96. The third kappa shape index (κ3) is 7.91. The highest BCUT2D eigenvalue weighted by molar-refractivity contribution is 6.19. The van der Waals surface area contributed by atoms with Gasteiger partial charge in [0.05, 0.1) is 13.2 Å². The van der Waals surface area contributed by atoms with Crippen molar-refractivity contribution in [3.8, 4) is 0 Å². The summed E-state index contributed by atoms with van der Waals surface area (Å²) in [4.78, 5) is 9.67. The molecule has 0 fully saturated rings. The number of halogens is 2. The molecule has 0 saturated heterocycles. The number of rotatable bonds is 7. The van der Waals surface area contributed by atoms with Crippen LogP contribution in [0.4, 0.5) is 0 Å². The van der Waals surface area contributed by atoms with Crippen LogP contribution in [-0.2, 0) is 14.3 Å². The Morgan fingerprint density at radius 1 is 1.45 bits per heavy atom. The molecule has 66 valence electrons. The Morgan fingerprint density at radius 3 is 2.73 bits per heavy atom. The summed E-state index contributed by atoms with van der Waals surface area (Å²) in [6.07, 6.45) is 0.483. The second-order valence-corrected chi connectivity index (χ2v) is 2.59. The monoisotopic (exact) mass is 200 g/mol. The van der Waals surface area contributed by atoms with Crippen LogP contribution in [0.5, 0.6) is 0 Å². The summed E-state index contributed by atoms with van der Waals surface area (Å²) in [5.74, 6) is 0.414. The van der Waals surface area contributed by atoms with Gasteiger partial charge < -0.3 is 9.47 Å². The van der Waals surface area contributed by atoms with Gasteiger partial charge >= 0.3 is 0 Å². The largest absolute Gasteiger partial charge is 0.468 e. The Kier molecular flexibility index (Phi) is 8.12. The normalized spacial score (nSPS) is 12.5. The van der Waals surface area contributed by atoms with Crippen molar-refractivity contribution in [2.45, 2.75) is 12.0 Å². The van der Waals surface area contributed by atoms with E-state index in [-0.39, 0.29) is 6.61 Å². The number of ether oxygens (including phenoxy) is 2. The van der Waals surface area contributed by atoms with Gasteiger partial charge in [-0.2, -0.15) is 0 Å². The second-order valence-electron chi connectivity index (χ2n) is 1.73. The molecular formula is C6H10Cl2O3. The van der Waals surface area contributed by atoms with Gasteiger partial charge in [-0.05, 0) is 0 Å². The minimum Gasteiger partial charge on any atom is -0.468 e. The lowest BCUT2D eigenvalue weighted by atomic mass is 10.5. The third-order valence-electron chi connectivity index (χ3n) is 0.907. The lowest BCUT2D eigenvalue weighted by Crippen LogP contribution is -2.10. The summed E-state index contributed by atoms with van der Waals surface area (Å²) >= 11 is 11.0. The average molecular weight is 201 g/mol. The lowest BCUT2D eigenvalue weighted by Gasteiger charge is -2.07. The predicted molar refractivity (Wildman–Crippen MR) is 42.9 cm³/mol. The predicted octanol–water partition coefficient (Wildman–Crippen LogP) is 1.37. The SMILES string of the molecule is O=COCCC(Cl)OCCCl. The highest BCUT2D eigenvalue weighted by Gasteiger charge is 2.02. The maximum Gasteiger partial charge on any atom is 0.293 e. The summed E-state index contributed by atoms with van der Waals surface area (Å²) in [6, 6.07) is 0. The molecule has 1 atom stereocenters. The first-order valence-corrected chi connectivity index (χ1v) is 4.15. The molecule has 0 aliphatic heterocycles. The molecule has 0 saturated carbocycles. The van der Waals surface area contributed by atoms with Crippen molar-refractivity contribution < 1.29 is 14.3 Å². The van der Waals surface area contributed by atoms with E-state index >= 15 is 0 Å². The second kappa shape index (κ2) is 8.11. The molecular weight excluding hydrogens is 191 g/mol. The topological polar surface area (TPSA) is 35.5 Å². The number of hydrogen-bond donors (Lipinski definition) is 0. The van der Waals surface area contributed by atoms with Crippen molar-refractivity contribution in [2.24, 2.45) is 0 Å². The fraction of sp³-hybridized carbons (Fsp3) is 0.833. The van der Waals surface area contributed by atoms with Crippen LogP contribution in [0.15, 0.2) is 0 Å². The van der Waals surface area contributed by atoms with E-state index in [0.29, 0.717) is 25.4 Å². The van der Waals surface area contributed by atoms with Crippen LogP contribution in [0.3, 0.4) is 0 Å². The molecule has 0 amide bonds. The summed E-state index contributed by atoms with van der Waals surface area (Å²) in [6.45, 7) is 1.07. The molecule has 0 N–H and O–H groups in total. The van der Waals surface area contributed by atoms with Crippen LogP contribution in [-0.4, -0.2) is 31.1 Å². The van der Waals surface area contributed by atoms with Gasteiger partial charge in [0.15, 0.2) is 0 Å². The van der Waals surface area contributed by atoms with Crippen molar-refractivity contribution in [1.82, 2.24) is 0 Å². The number of carbonyl (C=O) groups is 1. The van der Waals surface area contributed by atoms with Crippen LogP contribution in [0.1, 0.15) is 6.42 Å². The highest BCUT2D eigenvalue weighted by atomic mass is 35.5. The van der Waals surface area contributed by atoms with E-state index in [1.54, 1.807) is 0 Å². The van der Waals surface area contributed by atoms with Crippen LogP contribution in [0.2, 0.25) is 0 Å². The molecule has 0 bridgehead atoms. The van der Waals surface area contributed by atoms with Gasteiger partial charge in [0.1, 0.15) is 5.56 Å². The van der Waals surface area contributed by atoms with Gasteiger partial charge in [0, 0.05) is 12.3 Å². The van der Waals surface area contributed by atoms with Crippen molar-refractivity contribution in [1.29, 1.82) is 0 Å². The zero-order valence-corrected chi connectivity index (χ0v) is 7.48. The fourth-order valence-corrected chi connectivity index (χ4v) is 0.732. The van der Waals surface area contributed by atoms with Crippen molar-refractivity contribution >= 4 is 29.7 Å². The molecule has 1 unspecified atom stereocenters. The Bertz CT molecular complexity index is 99.8. The van der Waals surface area contributed by atoms with E-state index in [1.165, 1.54) is 0 Å². The molecule has 0 heterocycles. The molecule has 3 nitrogen and oxygen atoms in total. The quantitative estimate of drug-likeness (QED) is 0.354. The van der Waals surface area contributed by atoms with Crippen LogP contribution < -0.4 is 0 Å². The molecule has 0 aromatic rings.